The van der Waals surface area contributed by atoms with Gasteiger partial charge in [-0.05, 0) is 23.6 Å². The number of nitrogens with one attached hydrogen (secondary N) is 1. The van der Waals surface area contributed by atoms with Crippen LogP contribution in [0, 0.1) is 10.1 Å². The molecule has 1 aromatic heterocycles. The Morgan fingerprint density at radius 2 is 1.57 bits per heavy atom. The third-order valence-corrected chi connectivity index (χ3v) is 5.48. The molecule has 3 aromatic rings. The Balaban J connectivity index is 1.50. The molecule has 8 heteroatoms. The van der Waals surface area contributed by atoms with Gasteiger partial charge in [-0.15, -0.1) is 0 Å². The number of hydrogen-bond donors (Lipinski definition) is 1. The van der Waals surface area contributed by atoms with E-state index in [0.29, 0.717) is 24.3 Å². The van der Waals surface area contributed by atoms with Crippen molar-refractivity contribution in [2.24, 2.45) is 0 Å². The Labute approximate surface area is 177 Å². The molecule has 0 aliphatic carbocycles. The number of carbonyl (C=O) groups excluding carboxylic acids is 2. The zero-order valence-electron chi connectivity index (χ0n) is 16.0. The Kier molecular flexibility index (Phi) is 7.29. The predicted molar refractivity (Wildman–Crippen MR) is 114 cm³/mol. The summed E-state index contributed by atoms with van der Waals surface area (Å²) < 4.78 is 4.95. The number of benzene rings is 2. The van der Waals surface area contributed by atoms with Gasteiger partial charge in [-0.2, -0.15) is 0 Å². The summed E-state index contributed by atoms with van der Waals surface area (Å²) in [6.07, 6.45) is 0.685. The molecule has 0 atom stereocenters. The topological polar surface area (TPSA) is 98.5 Å². The van der Waals surface area contributed by atoms with Gasteiger partial charge in [0.1, 0.15) is 4.88 Å². The monoisotopic (exact) mass is 424 g/mol. The van der Waals surface area contributed by atoms with Gasteiger partial charge in [0, 0.05) is 18.5 Å². The first kappa shape index (κ1) is 21.2. The molecule has 0 bridgehead atoms. The zero-order chi connectivity index (χ0) is 21.3. The van der Waals surface area contributed by atoms with Gasteiger partial charge in [0.05, 0.1) is 4.92 Å². The normalized spacial score (nSPS) is 10.6. The summed E-state index contributed by atoms with van der Waals surface area (Å²) >= 11 is 0.712. The highest BCUT2D eigenvalue weighted by Gasteiger charge is 2.18. The van der Waals surface area contributed by atoms with Gasteiger partial charge >= 0.3 is 11.0 Å². The molecule has 0 saturated carbocycles. The minimum atomic E-state index is -0.755. The number of nitrogens with zero attached hydrogens (tertiary/aromatic N) is 1. The third kappa shape index (κ3) is 5.74. The second-order valence-electron chi connectivity index (χ2n) is 6.48. The zero-order valence-corrected chi connectivity index (χ0v) is 16.8. The molecule has 0 aliphatic heterocycles. The molecular weight excluding hydrogens is 404 g/mol. The number of carbonyl (C=O) groups is 2. The highest BCUT2D eigenvalue weighted by Crippen LogP contribution is 2.27. The molecule has 30 heavy (non-hydrogen) atoms. The standard InChI is InChI=1S/C22H20N2O5S/c25-20(15-29-22(26)19-11-12-21(30-19)24(27)28)23-14-13-18(16-7-3-1-4-8-16)17-9-5-2-6-10-17/h1-12,18H,13-15H2,(H,23,25). The first-order chi connectivity index (χ1) is 14.5. The SMILES string of the molecule is O=C(COC(=O)c1ccc([N+](=O)[O-])s1)NCCC(c1ccccc1)c1ccccc1. The lowest BCUT2D eigenvalue weighted by Gasteiger charge is -2.18. The van der Waals surface area contributed by atoms with Crippen LogP contribution in [0.25, 0.3) is 0 Å². The average Bonchev–Trinajstić information content (AvgIpc) is 3.27. The molecule has 0 fully saturated rings. The van der Waals surface area contributed by atoms with Crippen molar-refractivity contribution < 1.29 is 19.2 Å². The van der Waals surface area contributed by atoms with Gasteiger partial charge in [0.15, 0.2) is 6.61 Å². The van der Waals surface area contributed by atoms with Crippen LogP contribution in [0.1, 0.15) is 33.1 Å². The second-order valence-corrected chi connectivity index (χ2v) is 7.55. The Morgan fingerprint density at radius 1 is 0.967 bits per heavy atom. The summed E-state index contributed by atoms with van der Waals surface area (Å²) in [6.45, 7) is -0.0266. The van der Waals surface area contributed by atoms with Crippen LogP contribution in [0.2, 0.25) is 0 Å². The summed E-state index contributed by atoms with van der Waals surface area (Å²) in [5.74, 6) is -1.05. The molecule has 0 aliphatic rings. The van der Waals surface area contributed by atoms with E-state index < -0.39 is 23.4 Å². The van der Waals surface area contributed by atoms with Gasteiger partial charge in [-0.1, -0.05) is 72.0 Å². The molecular formula is C22H20N2O5S. The maximum atomic E-state index is 12.1. The summed E-state index contributed by atoms with van der Waals surface area (Å²) in [5.41, 5.74) is 2.31. The molecule has 154 valence electrons. The largest absolute Gasteiger partial charge is 0.451 e. The molecule has 2 aromatic carbocycles. The highest BCUT2D eigenvalue weighted by molar-refractivity contribution is 7.17. The number of ether oxygens (including phenoxy) is 1. The van der Waals surface area contributed by atoms with Gasteiger partial charge in [0.25, 0.3) is 5.91 Å². The van der Waals surface area contributed by atoms with Gasteiger partial charge in [-0.3, -0.25) is 14.9 Å². The van der Waals surface area contributed by atoms with Crippen molar-refractivity contribution in [1.82, 2.24) is 5.32 Å². The molecule has 1 N–H and O–H groups in total. The van der Waals surface area contributed by atoms with E-state index in [2.05, 4.69) is 29.6 Å². The van der Waals surface area contributed by atoms with E-state index in [1.54, 1.807) is 0 Å². The van der Waals surface area contributed by atoms with Crippen molar-refractivity contribution in [3.05, 3.63) is 98.9 Å². The van der Waals surface area contributed by atoms with E-state index >= 15 is 0 Å². The van der Waals surface area contributed by atoms with E-state index in [9.17, 15) is 19.7 Å². The molecule has 0 radical (unpaired) electrons. The summed E-state index contributed by atoms with van der Waals surface area (Å²) in [4.78, 5) is 34.2. The van der Waals surface area contributed by atoms with Crippen LogP contribution in [-0.4, -0.2) is 30.0 Å². The molecule has 0 spiro atoms. The Hall–Kier alpha value is -3.52. The fourth-order valence-corrected chi connectivity index (χ4v) is 3.76. The van der Waals surface area contributed by atoms with Crippen molar-refractivity contribution in [2.75, 3.05) is 13.2 Å². The van der Waals surface area contributed by atoms with Crippen LogP contribution in [0.5, 0.6) is 0 Å². The number of amides is 1. The Bertz CT molecular complexity index is 965. The van der Waals surface area contributed by atoms with E-state index in [1.165, 1.54) is 12.1 Å². The molecule has 0 saturated heterocycles. The smallest absolute Gasteiger partial charge is 0.349 e. The van der Waals surface area contributed by atoms with Gasteiger partial charge < -0.3 is 10.1 Å². The molecule has 7 nitrogen and oxygen atoms in total. The fraction of sp³-hybridized carbons (Fsp3) is 0.182. The van der Waals surface area contributed by atoms with Gasteiger partial charge in [0.2, 0.25) is 0 Å². The van der Waals surface area contributed by atoms with Crippen molar-refractivity contribution in [3.63, 3.8) is 0 Å². The maximum absolute atomic E-state index is 12.1. The molecule has 3 rings (SSSR count). The number of rotatable bonds is 9. The highest BCUT2D eigenvalue weighted by atomic mass is 32.1. The van der Waals surface area contributed by atoms with Crippen molar-refractivity contribution in [3.8, 4) is 0 Å². The van der Waals surface area contributed by atoms with Crippen molar-refractivity contribution in [1.29, 1.82) is 0 Å². The lowest BCUT2D eigenvalue weighted by molar-refractivity contribution is -0.380. The quantitative estimate of drug-likeness (QED) is 0.316. The van der Waals surface area contributed by atoms with E-state index in [-0.39, 0.29) is 15.8 Å². The van der Waals surface area contributed by atoms with Crippen LogP contribution >= 0.6 is 11.3 Å². The van der Waals surface area contributed by atoms with E-state index in [0.717, 1.165) is 11.1 Å². The molecule has 1 heterocycles. The summed E-state index contributed by atoms with van der Waals surface area (Å²) in [7, 11) is 0. The van der Waals surface area contributed by atoms with Crippen LogP contribution in [0.4, 0.5) is 5.00 Å². The van der Waals surface area contributed by atoms with Crippen LogP contribution in [-0.2, 0) is 9.53 Å². The average molecular weight is 424 g/mol. The van der Waals surface area contributed by atoms with Crippen LogP contribution in [0.3, 0.4) is 0 Å². The fourth-order valence-electron chi connectivity index (χ4n) is 3.04. The number of nitro groups is 1. The maximum Gasteiger partial charge on any atom is 0.349 e. The summed E-state index contributed by atoms with van der Waals surface area (Å²) in [6, 6.07) is 22.6. The molecule has 1 amide bonds. The lowest BCUT2D eigenvalue weighted by atomic mass is 9.88. The number of thiophene rings is 1. The van der Waals surface area contributed by atoms with Crippen molar-refractivity contribution in [2.45, 2.75) is 12.3 Å². The first-order valence-corrected chi connectivity index (χ1v) is 10.1. The van der Waals surface area contributed by atoms with Crippen LogP contribution in [0.15, 0.2) is 72.8 Å². The number of hydrogen-bond acceptors (Lipinski definition) is 6. The number of esters is 1. The predicted octanol–water partition coefficient (Wildman–Crippen LogP) is 4.15. The van der Waals surface area contributed by atoms with E-state index in [1.807, 2.05) is 36.4 Å². The van der Waals surface area contributed by atoms with Crippen molar-refractivity contribution >= 4 is 28.2 Å². The van der Waals surface area contributed by atoms with Crippen LogP contribution < -0.4 is 5.32 Å². The van der Waals surface area contributed by atoms with Gasteiger partial charge in [-0.25, -0.2) is 4.79 Å². The van der Waals surface area contributed by atoms with E-state index in [4.69, 9.17) is 4.74 Å². The Morgan fingerprint density at radius 3 is 2.10 bits per heavy atom. The molecule has 0 unspecified atom stereocenters. The minimum Gasteiger partial charge on any atom is -0.451 e. The third-order valence-electron chi connectivity index (χ3n) is 4.47. The first-order valence-electron chi connectivity index (χ1n) is 9.32. The minimum absolute atomic E-state index is 0.0859. The summed E-state index contributed by atoms with van der Waals surface area (Å²) in [5, 5.41) is 13.3. The lowest BCUT2D eigenvalue weighted by Crippen LogP contribution is -2.30. The second kappa shape index (κ2) is 10.3.